The molecule has 1 aliphatic rings. The van der Waals surface area contributed by atoms with Crippen LogP contribution in [0.25, 0.3) is 21.6 Å². The highest BCUT2D eigenvalue weighted by Crippen LogP contribution is 2.46. The Hall–Kier alpha value is -3.26. The summed E-state index contributed by atoms with van der Waals surface area (Å²) in [5, 5.41) is 9.44. The van der Waals surface area contributed by atoms with Gasteiger partial charge in [-0.15, -0.1) is 0 Å². The van der Waals surface area contributed by atoms with Crippen molar-refractivity contribution in [1.82, 2.24) is 4.37 Å². The SMILES string of the molecule is COc1ccc(-c2cnsc2-c2cc(OC)c3c(c2)OCO3)cc1C(=O)O. The molecule has 0 unspecified atom stereocenters. The minimum absolute atomic E-state index is 0.0930. The third-order valence-electron chi connectivity index (χ3n) is 4.23. The molecule has 0 aliphatic carbocycles. The van der Waals surface area contributed by atoms with E-state index in [0.29, 0.717) is 23.0 Å². The maximum Gasteiger partial charge on any atom is 0.339 e. The van der Waals surface area contributed by atoms with Gasteiger partial charge in [0.15, 0.2) is 11.5 Å². The van der Waals surface area contributed by atoms with Gasteiger partial charge < -0.3 is 24.1 Å². The van der Waals surface area contributed by atoms with E-state index in [-0.39, 0.29) is 12.4 Å². The van der Waals surface area contributed by atoms with Gasteiger partial charge in [0.2, 0.25) is 12.5 Å². The summed E-state index contributed by atoms with van der Waals surface area (Å²) in [5.41, 5.74) is 2.48. The maximum atomic E-state index is 11.5. The average molecular weight is 385 g/mol. The molecule has 27 heavy (non-hydrogen) atoms. The van der Waals surface area contributed by atoms with Gasteiger partial charge in [0.1, 0.15) is 11.3 Å². The molecule has 3 aromatic rings. The van der Waals surface area contributed by atoms with Crippen LogP contribution in [-0.4, -0.2) is 36.5 Å². The summed E-state index contributed by atoms with van der Waals surface area (Å²) in [6.07, 6.45) is 1.71. The molecule has 0 bridgehead atoms. The number of carbonyl (C=O) groups is 1. The monoisotopic (exact) mass is 385 g/mol. The van der Waals surface area contributed by atoms with Gasteiger partial charge in [0, 0.05) is 17.3 Å². The Labute approximate surface area is 158 Å². The van der Waals surface area contributed by atoms with Crippen LogP contribution in [0, 0.1) is 0 Å². The molecule has 0 spiro atoms. The summed E-state index contributed by atoms with van der Waals surface area (Å²) in [7, 11) is 3.01. The normalized spacial score (nSPS) is 12.1. The van der Waals surface area contributed by atoms with Crippen LogP contribution in [0.3, 0.4) is 0 Å². The molecule has 1 N–H and O–H groups in total. The zero-order valence-electron chi connectivity index (χ0n) is 14.5. The van der Waals surface area contributed by atoms with Crippen molar-refractivity contribution in [3.63, 3.8) is 0 Å². The lowest BCUT2D eigenvalue weighted by molar-refractivity contribution is 0.0693. The average Bonchev–Trinajstić information content (AvgIpc) is 3.35. The van der Waals surface area contributed by atoms with Crippen molar-refractivity contribution >= 4 is 17.5 Å². The second kappa shape index (κ2) is 6.81. The smallest absolute Gasteiger partial charge is 0.339 e. The fraction of sp³-hybridized carbons (Fsp3) is 0.158. The number of aromatic carboxylic acids is 1. The van der Waals surface area contributed by atoms with Gasteiger partial charge in [-0.25, -0.2) is 4.79 Å². The first kappa shape index (κ1) is 17.2. The molecule has 7 nitrogen and oxygen atoms in total. The minimum atomic E-state index is -1.05. The van der Waals surface area contributed by atoms with Crippen LogP contribution < -0.4 is 18.9 Å². The summed E-state index contributed by atoms with van der Waals surface area (Å²) < 4.78 is 25.8. The zero-order valence-corrected chi connectivity index (χ0v) is 15.3. The van der Waals surface area contributed by atoms with Crippen LogP contribution in [0.1, 0.15) is 10.4 Å². The van der Waals surface area contributed by atoms with Gasteiger partial charge in [-0.1, -0.05) is 6.07 Å². The Morgan fingerprint density at radius 1 is 1.11 bits per heavy atom. The first-order valence-corrected chi connectivity index (χ1v) is 8.74. The number of ether oxygens (including phenoxy) is 4. The zero-order chi connectivity index (χ0) is 19.0. The van der Waals surface area contributed by atoms with Gasteiger partial charge in [-0.2, -0.15) is 4.37 Å². The summed E-state index contributed by atoms with van der Waals surface area (Å²) in [5.74, 6) is 0.999. The minimum Gasteiger partial charge on any atom is -0.496 e. The number of fused-ring (bicyclic) bond motifs is 1. The number of hydrogen-bond acceptors (Lipinski definition) is 7. The molecule has 0 atom stereocenters. The molecule has 0 amide bonds. The third-order valence-corrected chi connectivity index (χ3v) is 5.08. The fourth-order valence-corrected chi connectivity index (χ4v) is 3.71. The Morgan fingerprint density at radius 2 is 1.93 bits per heavy atom. The molecule has 2 heterocycles. The van der Waals surface area contributed by atoms with Crippen molar-refractivity contribution in [3.05, 3.63) is 42.1 Å². The van der Waals surface area contributed by atoms with Crippen molar-refractivity contribution in [1.29, 1.82) is 0 Å². The lowest BCUT2D eigenvalue weighted by Gasteiger charge is -2.10. The summed E-state index contributed by atoms with van der Waals surface area (Å²) in [6, 6.07) is 8.75. The first-order chi connectivity index (χ1) is 13.1. The molecule has 2 aromatic carbocycles. The fourth-order valence-electron chi connectivity index (χ4n) is 2.96. The van der Waals surface area contributed by atoms with Crippen LogP contribution in [0.15, 0.2) is 36.5 Å². The Morgan fingerprint density at radius 3 is 2.67 bits per heavy atom. The van der Waals surface area contributed by atoms with E-state index >= 15 is 0 Å². The molecule has 138 valence electrons. The molecular weight excluding hydrogens is 370 g/mol. The Balaban J connectivity index is 1.83. The largest absolute Gasteiger partial charge is 0.496 e. The number of nitrogens with zero attached hydrogens (tertiary/aromatic N) is 1. The van der Waals surface area contributed by atoms with E-state index in [2.05, 4.69) is 4.37 Å². The molecule has 8 heteroatoms. The number of hydrogen-bond donors (Lipinski definition) is 1. The maximum absolute atomic E-state index is 11.5. The van der Waals surface area contributed by atoms with Gasteiger partial charge in [0.25, 0.3) is 0 Å². The molecule has 1 aromatic heterocycles. The first-order valence-electron chi connectivity index (χ1n) is 7.96. The van der Waals surface area contributed by atoms with Crippen LogP contribution in [0.2, 0.25) is 0 Å². The Bertz CT molecular complexity index is 1030. The van der Waals surface area contributed by atoms with Crippen LogP contribution in [0.4, 0.5) is 0 Å². The van der Waals surface area contributed by atoms with E-state index in [1.54, 1.807) is 25.4 Å². The Kier molecular flexibility index (Phi) is 4.33. The van der Waals surface area contributed by atoms with E-state index in [4.69, 9.17) is 18.9 Å². The van der Waals surface area contributed by atoms with Crippen LogP contribution >= 0.6 is 11.5 Å². The van der Waals surface area contributed by atoms with Gasteiger partial charge in [0.05, 0.1) is 19.1 Å². The summed E-state index contributed by atoms with van der Waals surface area (Å²) in [4.78, 5) is 12.4. The third kappa shape index (κ3) is 2.93. The van der Waals surface area contributed by atoms with E-state index < -0.39 is 5.97 Å². The van der Waals surface area contributed by atoms with E-state index in [9.17, 15) is 9.90 Å². The van der Waals surface area contributed by atoms with Gasteiger partial charge in [-0.05, 0) is 41.4 Å². The predicted octanol–water partition coefficient (Wildman–Crippen LogP) is 3.92. The number of carboxylic acid groups (broad SMARTS) is 1. The summed E-state index contributed by atoms with van der Waals surface area (Å²) >= 11 is 1.31. The molecule has 0 radical (unpaired) electrons. The van der Waals surface area contributed by atoms with Gasteiger partial charge in [-0.3, -0.25) is 0 Å². The number of rotatable bonds is 5. The second-order valence-corrected chi connectivity index (χ2v) is 6.50. The second-order valence-electron chi connectivity index (χ2n) is 5.70. The molecule has 4 rings (SSSR count). The van der Waals surface area contributed by atoms with Crippen molar-refractivity contribution in [3.8, 4) is 44.6 Å². The molecule has 0 fully saturated rings. The lowest BCUT2D eigenvalue weighted by atomic mass is 10.0. The lowest BCUT2D eigenvalue weighted by Crippen LogP contribution is -2.00. The number of benzene rings is 2. The van der Waals surface area contributed by atoms with E-state index in [0.717, 1.165) is 21.6 Å². The quantitative estimate of drug-likeness (QED) is 0.712. The molecule has 0 saturated heterocycles. The highest BCUT2D eigenvalue weighted by atomic mass is 32.1. The highest BCUT2D eigenvalue weighted by Gasteiger charge is 2.23. The number of aromatic nitrogens is 1. The molecular formula is C19H15NO6S. The number of carboxylic acids is 1. The van der Waals surface area contributed by atoms with E-state index in [1.165, 1.54) is 18.6 Å². The van der Waals surface area contributed by atoms with Crippen molar-refractivity contribution in [2.75, 3.05) is 21.0 Å². The predicted molar refractivity (Wildman–Crippen MR) is 99.2 cm³/mol. The highest BCUT2D eigenvalue weighted by molar-refractivity contribution is 7.10. The summed E-state index contributed by atoms with van der Waals surface area (Å²) in [6.45, 7) is 0.144. The number of methoxy groups -OCH3 is 2. The van der Waals surface area contributed by atoms with E-state index in [1.807, 2.05) is 18.2 Å². The van der Waals surface area contributed by atoms with Crippen molar-refractivity contribution in [2.24, 2.45) is 0 Å². The molecule has 0 saturated carbocycles. The van der Waals surface area contributed by atoms with Crippen molar-refractivity contribution < 1.29 is 28.8 Å². The van der Waals surface area contributed by atoms with Crippen molar-refractivity contribution in [2.45, 2.75) is 0 Å². The van der Waals surface area contributed by atoms with Gasteiger partial charge >= 0.3 is 5.97 Å². The van der Waals surface area contributed by atoms with Crippen LogP contribution in [-0.2, 0) is 0 Å². The molecule has 1 aliphatic heterocycles. The topological polar surface area (TPSA) is 87.1 Å². The van der Waals surface area contributed by atoms with Crippen LogP contribution in [0.5, 0.6) is 23.0 Å². The standard InChI is InChI=1S/C19H15NO6S/c1-23-14-4-3-10(5-12(14)19(21)22)13-8-20-27-18(13)11-6-15(24-2)17-16(7-11)25-9-26-17/h3-8H,9H2,1-2H3,(H,21,22).